The predicted molar refractivity (Wildman–Crippen MR) is 67.6 cm³/mol. The lowest BCUT2D eigenvalue weighted by molar-refractivity contribution is 0.685. The predicted octanol–water partition coefficient (Wildman–Crippen LogP) is 2.33. The smallest absolute Gasteiger partial charge is 0.126 e. The second-order valence-electron chi connectivity index (χ2n) is 4.51. The van der Waals surface area contributed by atoms with Gasteiger partial charge in [-0.2, -0.15) is 0 Å². The number of rotatable bonds is 6. The molecule has 0 aromatic carbocycles. The van der Waals surface area contributed by atoms with E-state index in [0.717, 1.165) is 31.2 Å². The average Bonchev–Trinajstić information content (AvgIpc) is 3.10. The Morgan fingerprint density at radius 2 is 2.19 bits per heavy atom. The summed E-state index contributed by atoms with van der Waals surface area (Å²) in [4.78, 5) is 4.55. The van der Waals surface area contributed by atoms with E-state index in [1.165, 1.54) is 24.1 Å². The molecule has 0 unspecified atom stereocenters. The number of pyridine rings is 1. The number of anilines is 1. The Morgan fingerprint density at radius 3 is 2.81 bits per heavy atom. The molecule has 1 fully saturated rings. The Balaban J connectivity index is 2.04. The zero-order valence-corrected chi connectivity index (χ0v) is 10.2. The molecule has 0 saturated heterocycles. The van der Waals surface area contributed by atoms with Crippen molar-refractivity contribution in [2.24, 2.45) is 0 Å². The van der Waals surface area contributed by atoms with Crippen molar-refractivity contribution >= 4 is 5.82 Å². The fourth-order valence-electron chi connectivity index (χ4n) is 1.81. The first-order chi connectivity index (χ1) is 7.81. The fraction of sp³-hybridized carbons (Fsp3) is 0.615. The third-order valence-corrected chi connectivity index (χ3v) is 2.87. The Hall–Kier alpha value is -1.09. The summed E-state index contributed by atoms with van der Waals surface area (Å²) in [6.45, 7) is 3.16. The van der Waals surface area contributed by atoms with Gasteiger partial charge in [0.15, 0.2) is 0 Å². The van der Waals surface area contributed by atoms with E-state index >= 15 is 0 Å². The first-order valence-electron chi connectivity index (χ1n) is 6.22. The highest BCUT2D eigenvalue weighted by Gasteiger charge is 2.20. The molecule has 3 nitrogen and oxygen atoms in total. The minimum absolute atomic E-state index is 0.765. The maximum absolute atomic E-state index is 4.55. The summed E-state index contributed by atoms with van der Waals surface area (Å²) >= 11 is 0. The van der Waals surface area contributed by atoms with E-state index in [-0.39, 0.29) is 0 Å². The Morgan fingerprint density at radius 1 is 1.38 bits per heavy atom. The van der Waals surface area contributed by atoms with E-state index in [2.05, 4.69) is 34.7 Å². The van der Waals surface area contributed by atoms with Gasteiger partial charge in [-0.15, -0.1) is 0 Å². The summed E-state index contributed by atoms with van der Waals surface area (Å²) in [5.74, 6) is 0.985. The van der Waals surface area contributed by atoms with Gasteiger partial charge in [0.1, 0.15) is 5.82 Å². The van der Waals surface area contributed by atoms with Crippen LogP contribution in [0.1, 0.15) is 37.4 Å². The van der Waals surface area contributed by atoms with Crippen molar-refractivity contribution in [3.05, 3.63) is 23.4 Å². The number of aromatic nitrogens is 1. The Bertz CT molecular complexity index is 345. The lowest BCUT2D eigenvalue weighted by Gasteiger charge is -2.08. The average molecular weight is 219 g/mol. The van der Waals surface area contributed by atoms with Crippen LogP contribution in [-0.2, 0) is 13.0 Å². The summed E-state index contributed by atoms with van der Waals surface area (Å²) < 4.78 is 0. The lowest BCUT2D eigenvalue weighted by Crippen LogP contribution is -2.15. The molecule has 2 rings (SSSR count). The van der Waals surface area contributed by atoms with Crippen LogP contribution >= 0.6 is 0 Å². The minimum Gasteiger partial charge on any atom is -0.373 e. The maximum atomic E-state index is 4.55. The van der Waals surface area contributed by atoms with Crippen LogP contribution in [-0.4, -0.2) is 18.1 Å². The van der Waals surface area contributed by atoms with Gasteiger partial charge in [0, 0.05) is 25.3 Å². The SMILES string of the molecule is CCCc1cc(CNC2CC2)cc(NC)n1. The molecule has 3 heteroatoms. The molecule has 1 saturated carbocycles. The van der Waals surface area contributed by atoms with Crippen molar-refractivity contribution in [2.75, 3.05) is 12.4 Å². The topological polar surface area (TPSA) is 37.0 Å². The van der Waals surface area contributed by atoms with Crippen LogP contribution in [0.15, 0.2) is 12.1 Å². The highest BCUT2D eigenvalue weighted by molar-refractivity contribution is 5.39. The van der Waals surface area contributed by atoms with Gasteiger partial charge >= 0.3 is 0 Å². The number of aryl methyl sites for hydroxylation is 1. The van der Waals surface area contributed by atoms with Crippen molar-refractivity contribution < 1.29 is 0 Å². The molecule has 1 aliphatic carbocycles. The normalized spacial score (nSPS) is 15.1. The Labute approximate surface area is 97.7 Å². The minimum atomic E-state index is 0.765. The molecule has 0 atom stereocenters. The van der Waals surface area contributed by atoms with E-state index in [1.807, 2.05) is 7.05 Å². The first kappa shape index (κ1) is 11.4. The molecule has 1 aromatic heterocycles. The van der Waals surface area contributed by atoms with Gasteiger partial charge in [0.2, 0.25) is 0 Å². The molecule has 16 heavy (non-hydrogen) atoms. The van der Waals surface area contributed by atoms with Gasteiger partial charge in [-0.25, -0.2) is 4.98 Å². The zero-order chi connectivity index (χ0) is 11.4. The molecular formula is C13H21N3. The van der Waals surface area contributed by atoms with Crippen LogP contribution in [0, 0.1) is 0 Å². The second kappa shape index (κ2) is 5.30. The fourth-order valence-corrected chi connectivity index (χ4v) is 1.81. The lowest BCUT2D eigenvalue weighted by atomic mass is 10.1. The van der Waals surface area contributed by atoms with Crippen LogP contribution in [0.25, 0.3) is 0 Å². The van der Waals surface area contributed by atoms with Gasteiger partial charge in [0.05, 0.1) is 0 Å². The Kier molecular flexibility index (Phi) is 3.78. The molecule has 0 bridgehead atoms. The third kappa shape index (κ3) is 3.20. The van der Waals surface area contributed by atoms with Gasteiger partial charge in [0.25, 0.3) is 0 Å². The van der Waals surface area contributed by atoms with Crippen molar-refractivity contribution in [3.8, 4) is 0 Å². The highest BCUT2D eigenvalue weighted by atomic mass is 15.0. The number of hydrogen-bond donors (Lipinski definition) is 2. The molecule has 0 radical (unpaired) electrons. The molecule has 1 aromatic rings. The van der Waals surface area contributed by atoms with Crippen LogP contribution in [0.4, 0.5) is 5.82 Å². The van der Waals surface area contributed by atoms with Crippen molar-refractivity contribution in [3.63, 3.8) is 0 Å². The van der Waals surface area contributed by atoms with Gasteiger partial charge in [-0.3, -0.25) is 0 Å². The highest BCUT2D eigenvalue weighted by Crippen LogP contribution is 2.20. The molecule has 0 aliphatic heterocycles. The van der Waals surface area contributed by atoms with Crippen LogP contribution in [0.2, 0.25) is 0 Å². The summed E-state index contributed by atoms with van der Waals surface area (Å²) in [7, 11) is 1.93. The summed E-state index contributed by atoms with van der Waals surface area (Å²) in [5, 5.41) is 6.67. The number of nitrogens with one attached hydrogen (secondary N) is 2. The number of hydrogen-bond acceptors (Lipinski definition) is 3. The molecular weight excluding hydrogens is 198 g/mol. The monoisotopic (exact) mass is 219 g/mol. The van der Waals surface area contributed by atoms with E-state index < -0.39 is 0 Å². The van der Waals surface area contributed by atoms with E-state index in [0.29, 0.717) is 0 Å². The molecule has 1 aliphatic rings. The maximum Gasteiger partial charge on any atom is 0.126 e. The quantitative estimate of drug-likeness (QED) is 0.771. The number of nitrogens with zero attached hydrogens (tertiary/aromatic N) is 1. The van der Waals surface area contributed by atoms with Crippen molar-refractivity contribution in [1.82, 2.24) is 10.3 Å². The summed E-state index contributed by atoms with van der Waals surface area (Å²) in [5.41, 5.74) is 2.54. The summed E-state index contributed by atoms with van der Waals surface area (Å²) in [6.07, 6.45) is 4.89. The molecule has 0 amide bonds. The van der Waals surface area contributed by atoms with Crippen molar-refractivity contribution in [2.45, 2.75) is 45.2 Å². The molecule has 88 valence electrons. The van der Waals surface area contributed by atoms with Crippen molar-refractivity contribution in [1.29, 1.82) is 0 Å². The van der Waals surface area contributed by atoms with Crippen LogP contribution in [0.5, 0.6) is 0 Å². The largest absolute Gasteiger partial charge is 0.373 e. The van der Waals surface area contributed by atoms with Gasteiger partial charge < -0.3 is 10.6 Å². The standard InChI is InChI=1S/C13H21N3/c1-3-4-12-7-10(8-13(14-2)16-12)9-15-11-5-6-11/h7-8,11,15H,3-6,9H2,1-2H3,(H,14,16). The zero-order valence-electron chi connectivity index (χ0n) is 10.2. The van der Waals surface area contributed by atoms with E-state index in [1.54, 1.807) is 0 Å². The van der Waals surface area contributed by atoms with Gasteiger partial charge in [-0.1, -0.05) is 13.3 Å². The van der Waals surface area contributed by atoms with Crippen LogP contribution < -0.4 is 10.6 Å². The van der Waals surface area contributed by atoms with E-state index in [9.17, 15) is 0 Å². The summed E-state index contributed by atoms with van der Waals surface area (Å²) in [6, 6.07) is 5.12. The first-order valence-corrected chi connectivity index (χ1v) is 6.22. The third-order valence-electron chi connectivity index (χ3n) is 2.87. The second-order valence-corrected chi connectivity index (χ2v) is 4.51. The molecule has 0 spiro atoms. The van der Waals surface area contributed by atoms with Gasteiger partial charge in [-0.05, 0) is 37.0 Å². The molecule has 1 heterocycles. The van der Waals surface area contributed by atoms with Crippen LogP contribution in [0.3, 0.4) is 0 Å². The molecule has 2 N–H and O–H groups in total. The van der Waals surface area contributed by atoms with E-state index in [4.69, 9.17) is 0 Å².